The molecular weight excluding hydrogens is 356 g/mol. The van der Waals surface area contributed by atoms with Gasteiger partial charge in [-0.2, -0.15) is 0 Å². The molecule has 0 spiro atoms. The van der Waals surface area contributed by atoms with E-state index in [0.717, 1.165) is 21.2 Å². The lowest BCUT2D eigenvalue weighted by Crippen LogP contribution is -2.31. The molecule has 9 heteroatoms. The third-order valence-corrected chi connectivity index (χ3v) is 4.90. The molecule has 1 atom stereocenters. The van der Waals surface area contributed by atoms with Crippen LogP contribution in [0.1, 0.15) is 17.7 Å². The zero-order valence-corrected chi connectivity index (χ0v) is 14.9. The number of nitrogens with one attached hydrogen (secondary N) is 3. The smallest absolute Gasteiger partial charge is 0.322 e. The van der Waals surface area contributed by atoms with Gasteiger partial charge in [0, 0.05) is 17.5 Å². The van der Waals surface area contributed by atoms with Gasteiger partial charge in [0.15, 0.2) is 0 Å². The van der Waals surface area contributed by atoms with Crippen LogP contribution in [0, 0.1) is 0 Å². The summed E-state index contributed by atoms with van der Waals surface area (Å²) in [6.07, 6.45) is 2.13. The average molecular weight is 374 g/mol. The van der Waals surface area contributed by atoms with Crippen molar-refractivity contribution in [3.63, 3.8) is 0 Å². The Morgan fingerprint density at radius 2 is 2.15 bits per heavy atom. The highest BCUT2D eigenvalue weighted by Crippen LogP contribution is 2.32. The molecule has 1 saturated heterocycles. The summed E-state index contributed by atoms with van der Waals surface area (Å²) in [6, 6.07) is 6.45. The lowest BCUT2D eigenvalue weighted by atomic mass is 10.1. The van der Waals surface area contributed by atoms with E-state index in [9.17, 15) is 14.4 Å². The van der Waals surface area contributed by atoms with Crippen molar-refractivity contribution in [2.75, 3.05) is 7.11 Å². The van der Waals surface area contributed by atoms with E-state index in [0.29, 0.717) is 6.54 Å². The molecule has 3 N–H and O–H groups in total. The van der Waals surface area contributed by atoms with Gasteiger partial charge in [-0.05, 0) is 18.6 Å². The number of aromatic nitrogens is 1. The van der Waals surface area contributed by atoms with Crippen LogP contribution in [0.15, 0.2) is 30.5 Å². The summed E-state index contributed by atoms with van der Waals surface area (Å²) in [5, 5.41) is 8.22. The zero-order chi connectivity index (χ0) is 18.5. The number of methoxy groups -OCH3 is 1. The fourth-order valence-electron chi connectivity index (χ4n) is 2.55. The number of nitrogens with zero attached hydrogens (tertiary/aromatic N) is 1. The molecule has 1 fully saturated rings. The van der Waals surface area contributed by atoms with Crippen molar-refractivity contribution in [1.82, 2.24) is 20.9 Å². The normalized spacial score (nSPS) is 16.1. The van der Waals surface area contributed by atoms with Gasteiger partial charge in [0.2, 0.25) is 5.91 Å². The van der Waals surface area contributed by atoms with E-state index in [-0.39, 0.29) is 18.7 Å². The van der Waals surface area contributed by atoms with E-state index in [2.05, 4.69) is 20.9 Å². The molecular formula is C17H18N4O4S. The minimum absolute atomic E-state index is 0.149. The van der Waals surface area contributed by atoms with Crippen LogP contribution < -0.4 is 20.7 Å². The Morgan fingerprint density at radius 3 is 2.88 bits per heavy atom. The average Bonchev–Trinajstić information content (AvgIpc) is 3.24. The number of carbonyl (C=O) groups is 3. The third-order valence-electron chi connectivity index (χ3n) is 3.87. The summed E-state index contributed by atoms with van der Waals surface area (Å²) in [5.74, 6) is 0.159. The summed E-state index contributed by atoms with van der Waals surface area (Å²) in [6.45, 7) is 0.356. The summed E-state index contributed by atoms with van der Waals surface area (Å²) < 4.78 is 5.34. The minimum Gasteiger partial charge on any atom is -0.496 e. The van der Waals surface area contributed by atoms with Crippen LogP contribution in [0.2, 0.25) is 0 Å². The summed E-state index contributed by atoms with van der Waals surface area (Å²) in [5.41, 5.74) is 0.903. The van der Waals surface area contributed by atoms with Crippen LogP contribution in [0.4, 0.5) is 4.79 Å². The van der Waals surface area contributed by atoms with Gasteiger partial charge in [-0.15, -0.1) is 11.3 Å². The SMILES string of the molecule is COc1ccccc1-c1ncc(CNC(=O)CC[C@H]2NC(=O)NC2=O)s1. The number of urea groups is 1. The topological polar surface area (TPSA) is 109 Å². The molecule has 0 aliphatic carbocycles. The number of para-hydroxylation sites is 1. The highest BCUT2D eigenvalue weighted by Gasteiger charge is 2.29. The molecule has 4 amide bonds. The maximum absolute atomic E-state index is 11.9. The fraction of sp³-hybridized carbons (Fsp3) is 0.294. The number of amides is 4. The van der Waals surface area contributed by atoms with E-state index in [4.69, 9.17) is 4.74 Å². The molecule has 0 saturated carbocycles. The van der Waals surface area contributed by atoms with Gasteiger partial charge in [-0.3, -0.25) is 14.9 Å². The molecule has 2 heterocycles. The van der Waals surface area contributed by atoms with Crippen LogP contribution in [0.3, 0.4) is 0 Å². The number of carbonyl (C=O) groups excluding carboxylic acids is 3. The molecule has 26 heavy (non-hydrogen) atoms. The first-order valence-electron chi connectivity index (χ1n) is 8.03. The van der Waals surface area contributed by atoms with Gasteiger partial charge in [0.25, 0.3) is 5.91 Å². The third kappa shape index (κ3) is 4.17. The Bertz CT molecular complexity index is 836. The summed E-state index contributed by atoms with van der Waals surface area (Å²) >= 11 is 1.47. The van der Waals surface area contributed by atoms with E-state index in [1.165, 1.54) is 11.3 Å². The first-order valence-corrected chi connectivity index (χ1v) is 8.84. The van der Waals surface area contributed by atoms with E-state index < -0.39 is 18.0 Å². The fourth-order valence-corrected chi connectivity index (χ4v) is 3.43. The molecule has 3 rings (SSSR count). The van der Waals surface area contributed by atoms with E-state index >= 15 is 0 Å². The monoisotopic (exact) mass is 374 g/mol. The van der Waals surface area contributed by atoms with Gasteiger partial charge < -0.3 is 15.4 Å². The minimum atomic E-state index is -0.645. The van der Waals surface area contributed by atoms with Gasteiger partial charge in [0.1, 0.15) is 16.8 Å². The molecule has 0 bridgehead atoms. The molecule has 8 nitrogen and oxygen atoms in total. The number of hydrogen-bond acceptors (Lipinski definition) is 6. The van der Waals surface area contributed by atoms with Crippen molar-refractivity contribution in [3.8, 4) is 16.3 Å². The molecule has 1 aliphatic rings. The van der Waals surface area contributed by atoms with Crippen molar-refractivity contribution < 1.29 is 19.1 Å². The van der Waals surface area contributed by atoms with Crippen molar-refractivity contribution >= 4 is 29.2 Å². The van der Waals surface area contributed by atoms with Crippen molar-refractivity contribution in [1.29, 1.82) is 0 Å². The number of ether oxygens (including phenoxy) is 1. The summed E-state index contributed by atoms with van der Waals surface area (Å²) in [4.78, 5) is 39.7. The Hall–Kier alpha value is -2.94. The molecule has 0 radical (unpaired) electrons. The molecule has 2 aromatic rings. The van der Waals surface area contributed by atoms with Crippen LogP contribution in [0.25, 0.3) is 10.6 Å². The van der Waals surface area contributed by atoms with Crippen LogP contribution in [-0.2, 0) is 16.1 Å². The maximum Gasteiger partial charge on any atom is 0.322 e. The Labute approximate surface area is 154 Å². The number of rotatable bonds is 7. The van der Waals surface area contributed by atoms with Crippen LogP contribution in [-0.4, -0.2) is 36.0 Å². The Morgan fingerprint density at radius 1 is 1.35 bits per heavy atom. The summed E-state index contributed by atoms with van der Waals surface area (Å²) in [7, 11) is 1.61. The van der Waals surface area contributed by atoms with Gasteiger partial charge in [0.05, 0.1) is 19.2 Å². The van der Waals surface area contributed by atoms with Gasteiger partial charge >= 0.3 is 6.03 Å². The molecule has 1 aromatic carbocycles. The second-order valence-corrected chi connectivity index (χ2v) is 6.78. The van der Waals surface area contributed by atoms with Crippen molar-refractivity contribution in [2.24, 2.45) is 0 Å². The highest BCUT2D eigenvalue weighted by molar-refractivity contribution is 7.15. The van der Waals surface area contributed by atoms with Crippen LogP contribution in [0.5, 0.6) is 5.75 Å². The van der Waals surface area contributed by atoms with E-state index in [1.54, 1.807) is 13.3 Å². The highest BCUT2D eigenvalue weighted by atomic mass is 32.1. The number of imide groups is 1. The molecule has 1 aromatic heterocycles. The standard InChI is InChI=1S/C17H18N4O4S/c1-25-13-5-3-2-4-11(13)16-19-9-10(26-16)8-18-14(22)7-6-12-15(23)21-17(24)20-12/h2-5,9,12H,6-8H2,1H3,(H,18,22)(H2,20,21,23,24)/t12-/m1/s1. The molecule has 1 aliphatic heterocycles. The number of benzene rings is 1. The number of hydrogen-bond donors (Lipinski definition) is 3. The largest absolute Gasteiger partial charge is 0.496 e. The maximum atomic E-state index is 11.9. The second-order valence-electron chi connectivity index (χ2n) is 5.66. The zero-order valence-electron chi connectivity index (χ0n) is 14.1. The number of thiazole rings is 1. The lowest BCUT2D eigenvalue weighted by Gasteiger charge is -2.07. The van der Waals surface area contributed by atoms with E-state index in [1.807, 2.05) is 24.3 Å². The van der Waals surface area contributed by atoms with Crippen molar-refractivity contribution in [3.05, 3.63) is 35.3 Å². The second kappa shape index (κ2) is 7.96. The lowest BCUT2D eigenvalue weighted by molar-refractivity contribution is -0.122. The van der Waals surface area contributed by atoms with Crippen molar-refractivity contribution in [2.45, 2.75) is 25.4 Å². The first kappa shape index (κ1) is 17.9. The van der Waals surface area contributed by atoms with Gasteiger partial charge in [-0.25, -0.2) is 9.78 Å². The Balaban J connectivity index is 1.51. The molecule has 136 valence electrons. The quantitative estimate of drug-likeness (QED) is 0.635. The predicted octanol–water partition coefficient (Wildman–Crippen LogP) is 1.42. The van der Waals surface area contributed by atoms with Gasteiger partial charge in [-0.1, -0.05) is 12.1 Å². The Kier molecular flexibility index (Phi) is 5.47. The predicted molar refractivity (Wildman–Crippen MR) is 95.6 cm³/mol. The molecule has 0 unspecified atom stereocenters. The van der Waals surface area contributed by atoms with Crippen LogP contribution >= 0.6 is 11.3 Å². The first-order chi connectivity index (χ1) is 12.6.